The zero-order valence-corrected chi connectivity index (χ0v) is 14.7. The number of aryl methyl sites for hydroxylation is 1. The van der Waals surface area contributed by atoms with E-state index in [0.29, 0.717) is 19.1 Å². The van der Waals surface area contributed by atoms with Crippen LogP contribution in [0.15, 0.2) is 12.4 Å². The highest BCUT2D eigenvalue weighted by atomic mass is 16.5. The number of amides is 1. The van der Waals surface area contributed by atoms with Crippen LogP contribution in [0.3, 0.4) is 0 Å². The van der Waals surface area contributed by atoms with E-state index in [1.165, 1.54) is 32.1 Å². The Bertz CT molecular complexity index is 585. The van der Waals surface area contributed by atoms with Gasteiger partial charge in [0.05, 0.1) is 19.3 Å². The van der Waals surface area contributed by atoms with Crippen LogP contribution in [0.2, 0.25) is 0 Å². The Labute approximate surface area is 144 Å². The molecule has 0 radical (unpaired) electrons. The van der Waals surface area contributed by atoms with Crippen molar-refractivity contribution in [3.05, 3.63) is 18.0 Å². The van der Waals surface area contributed by atoms with Gasteiger partial charge in [0.2, 0.25) is 5.91 Å². The van der Waals surface area contributed by atoms with Gasteiger partial charge >= 0.3 is 0 Å². The van der Waals surface area contributed by atoms with Gasteiger partial charge in [-0.05, 0) is 31.1 Å². The molecule has 0 spiro atoms. The number of nitrogens with zero attached hydrogens (tertiary/aromatic N) is 3. The highest BCUT2D eigenvalue weighted by Crippen LogP contribution is 2.43. The van der Waals surface area contributed by atoms with Crippen LogP contribution < -0.4 is 0 Å². The molecule has 1 aromatic rings. The van der Waals surface area contributed by atoms with Crippen molar-refractivity contribution in [3.63, 3.8) is 0 Å². The van der Waals surface area contributed by atoms with Crippen LogP contribution in [0, 0.1) is 17.8 Å². The molecule has 1 aromatic heterocycles. The van der Waals surface area contributed by atoms with Crippen LogP contribution in [0.5, 0.6) is 0 Å². The van der Waals surface area contributed by atoms with E-state index in [9.17, 15) is 4.79 Å². The van der Waals surface area contributed by atoms with E-state index in [0.717, 1.165) is 36.8 Å². The van der Waals surface area contributed by atoms with Crippen LogP contribution >= 0.6 is 0 Å². The van der Waals surface area contributed by atoms with Crippen molar-refractivity contribution in [2.24, 2.45) is 24.8 Å². The zero-order chi connectivity index (χ0) is 16.5. The number of carbonyl (C=O) groups is 1. The molecule has 5 nitrogen and oxygen atoms in total. The molecule has 132 valence electrons. The lowest BCUT2D eigenvalue weighted by molar-refractivity contribution is -0.145. The van der Waals surface area contributed by atoms with Crippen molar-refractivity contribution >= 4 is 5.91 Å². The predicted octanol–water partition coefficient (Wildman–Crippen LogP) is 2.93. The number of aromatic nitrogens is 2. The maximum atomic E-state index is 13.1. The third-order valence-corrected chi connectivity index (χ3v) is 6.36. The summed E-state index contributed by atoms with van der Waals surface area (Å²) >= 11 is 0. The number of carbonyl (C=O) groups excluding carboxylic acids is 1. The first kappa shape index (κ1) is 16.1. The molecule has 1 aliphatic heterocycles. The number of hydrogen-bond acceptors (Lipinski definition) is 3. The number of fused-ring (bicyclic) bond motifs is 1. The second-order valence-electron chi connectivity index (χ2n) is 7.91. The van der Waals surface area contributed by atoms with E-state index in [4.69, 9.17) is 4.74 Å². The lowest BCUT2D eigenvalue weighted by Gasteiger charge is -2.41. The van der Waals surface area contributed by atoms with Crippen LogP contribution in [0.1, 0.15) is 56.6 Å². The number of rotatable bonds is 2. The number of ether oxygens (including phenoxy) is 1. The predicted molar refractivity (Wildman–Crippen MR) is 91.3 cm³/mol. The van der Waals surface area contributed by atoms with Gasteiger partial charge in [0.15, 0.2) is 0 Å². The summed E-state index contributed by atoms with van der Waals surface area (Å²) < 4.78 is 7.68. The van der Waals surface area contributed by atoms with E-state index >= 15 is 0 Å². The molecule has 0 N–H and O–H groups in total. The molecule has 3 fully saturated rings. The van der Waals surface area contributed by atoms with Gasteiger partial charge in [-0.2, -0.15) is 5.10 Å². The monoisotopic (exact) mass is 331 g/mol. The lowest BCUT2D eigenvalue weighted by atomic mass is 9.67. The van der Waals surface area contributed by atoms with E-state index in [1.807, 2.05) is 19.4 Å². The summed E-state index contributed by atoms with van der Waals surface area (Å²) in [6, 6.07) is 0. The molecule has 0 bridgehead atoms. The molecule has 2 aliphatic carbocycles. The molecule has 3 aliphatic rings. The number of morpholine rings is 1. The molecule has 4 rings (SSSR count). The summed E-state index contributed by atoms with van der Waals surface area (Å²) in [6.07, 6.45) is 12.8. The average Bonchev–Trinajstić information content (AvgIpc) is 3.07. The zero-order valence-electron chi connectivity index (χ0n) is 14.7. The fraction of sp³-hybridized carbons (Fsp3) is 0.789. The fourth-order valence-corrected chi connectivity index (χ4v) is 5.01. The van der Waals surface area contributed by atoms with Gasteiger partial charge in [-0.1, -0.05) is 25.7 Å². The first-order valence-corrected chi connectivity index (χ1v) is 9.59. The summed E-state index contributed by atoms with van der Waals surface area (Å²) in [5.41, 5.74) is 1.07. The molecule has 1 amide bonds. The smallest absolute Gasteiger partial charge is 0.225 e. The van der Waals surface area contributed by atoms with E-state index in [2.05, 4.69) is 10.00 Å². The third-order valence-electron chi connectivity index (χ3n) is 6.36. The Morgan fingerprint density at radius 3 is 2.83 bits per heavy atom. The summed E-state index contributed by atoms with van der Waals surface area (Å²) in [6.45, 7) is 2.04. The molecular weight excluding hydrogens is 302 g/mol. The Morgan fingerprint density at radius 1 is 1.21 bits per heavy atom. The minimum Gasteiger partial charge on any atom is -0.370 e. The van der Waals surface area contributed by atoms with Crippen molar-refractivity contribution in [3.8, 4) is 0 Å². The van der Waals surface area contributed by atoms with Crippen LogP contribution in [-0.2, 0) is 16.6 Å². The number of hydrogen-bond donors (Lipinski definition) is 0. The minimum atomic E-state index is -0.0255. The second-order valence-corrected chi connectivity index (χ2v) is 7.91. The average molecular weight is 331 g/mol. The Balaban J connectivity index is 1.38. The Morgan fingerprint density at radius 2 is 2.04 bits per heavy atom. The molecule has 0 aromatic carbocycles. The maximum Gasteiger partial charge on any atom is 0.225 e. The van der Waals surface area contributed by atoms with Gasteiger partial charge in [-0.3, -0.25) is 9.48 Å². The van der Waals surface area contributed by atoms with Gasteiger partial charge in [-0.25, -0.2) is 0 Å². The van der Waals surface area contributed by atoms with Crippen molar-refractivity contribution < 1.29 is 9.53 Å². The van der Waals surface area contributed by atoms with Crippen molar-refractivity contribution in [1.29, 1.82) is 0 Å². The molecule has 1 saturated heterocycles. The summed E-state index contributed by atoms with van der Waals surface area (Å²) in [5.74, 6) is 2.32. The normalized spacial score (nSPS) is 34.0. The van der Waals surface area contributed by atoms with Gasteiger partial charge in [0.1, 0.15) is 6.10 Å². The summed E-state index contributed by atoms with van der Waals surface area (Å²) in [7, 11) is 1.91. The van der Waals surface area contributed by atoms with Gasteiger partial charge in [0, 0.05) is 31.3 Å². The standard InChI is InChI=1S/C19H29N3O2/c1-21-12-17(11-20-21)18-13-22(8-9-24-18)19(23)16-7-6-14-4-2-3-5-15(14)10-16/h11-12,14-16,18H,2-10,13H2,1H3/t14-,15+,16-,18+/m1/s1. The first-order valence-electron chi connectivity index (χ1n) is 9.59. The largest absolute Gasteiger partial charge is 0.370 e. The highest BCUT2D eigenvalue weighted by molar-refractivity contribution is 5.79. The lowest BCUT2D eigenvalue weighted by Crippen LogP contribution is -2.46. The molecule has 5 heteroatoms. The molecular formula is C19H29N3O2. The van der Waals surface area contributed by atoms with Gasteiger partial charge in [-0.15, -0.1) is 0 Å². The molecule has 0 unspecified atom stereocenters. The maximum absolute atomic E-state index is 13.1. The molecule has 24 heavy (non-hydrogen) atoms. The van der Waals surface area contributed by atoms with Crippen molar-refractivity contribution in [2.75, 3.05) is 19.7 Å². The third kappa shape index (κ3) is 3.23. The van der Waals surface area contributed by atoms with E-state index in [1.54, 1.807) is 4.68 Å². The Kier molecular flexibility index (Phi) is 4.61. The topological polar surface area (TPSA) is 47.4 Å². The molecule has 4 atom stereocenters. The molecule has 2 saturated carbocycles. The summed E-state index contributed by atoms with van der Waals surface area (Å²) in [5, 5.41) is 4.23. The second kappa shape index (κ2) is 6.87. The quantitative estimate of drug-likeness (QED) is 0.837. The van der Waals surface area contributed by atoms with Crippen LogP contribution in [0.25, 0.3) is 0 Å². The van der Waals surface area contributed by atoms with Gasteiger partial charge < -0.3 is 9.64 Å². The molecule has 2 heterocycles. The van der Waals surface area contributed by atoms with Crippen molar-refractivity contribution in [2.45, 2.75) is 51.0 Å². The van der Waals surface area contributed by atoms with Crippen LogP contribution in [0.4, 0.5) is 0 Å². The fourth-order valence-electron chi connectivity index (χ4n) is 5.01. The van der Waals surface area contributed by atoms with Crippen molar-refractivity contribution in [1.82, 2.24) is 14.7 Å². The minimum absolute atomic E-state index is 0.0255. The highest BCUT2D eigenvalue weighted by Gasteiger charge is 2.37. The first-order chi connectivity index (χ1) is 11.7. The summed E-state index contributed by atoms with van der Waals surface area (Å²) in [4.78, 5) is 15.1. The van der Waals surface area contributed by atoms with E-state index < -0.39 is 0 Å². The van der Waals surface area contributed by atoms with Crippen LogP contribution in [-0.4, -0.2) is 40.3 Å². The van der Waals surface area contributed by atoms with E-state index in [-0.39, 0.29) is 12.0 Å². The SMILES string of the molecule is Cn1cc([C@@H]2CN(C(=O)[C@@H]3CC[C@H]4CCCC[C@H]4C3)CCO2)cn1. The van der Waals surface area contributed by atoms with Gasteiger partial charge in [0.25, 0.3) is 0 Å². The Hall–Kier alpha value is -1.36.